The maximum Gasteiger partial charge on any atom is 0.242 e. The number of nitrogens with one attached hydrogen (secondary N) is 1. The molecule has 0 spiro atoms. The van der Waals surface area contributed by atoms with Crippen LogP contribution in [-0.2, 0) is 22.6 Å². The van der Waals surface area contributed by atoms with Crippen LogP contribution in [0.2, 0.25) is 0 Å². The van der Waals surface area contributed by atoms with Gasteiger partial charge in [0.25, 0.3) is 0 Å². The van der Waals surface area contributed by atoms with Gasteiger partial charge in [-0.3, -0.25) is 9.59 Å². The fraction of sp³-hybridized carbons (Fsp3) is 0.357. The molecule has 0 saturated heterocycles. The lowest BCUT2D eigenvalue weighted by atomic mass is 10.0. The Labute approximate surface area is 196 Å². The van der Waals surface area contributed by atoms with Crippen molar-refractivity contribution < 1.29 is 14.3 Å². The summed E-state index contributed by atoms with van der Waals surface area (Å²) in [5, 5.41) is 5.34. The van der Waals surface area contributed by atoms with E-state index in [1.165, 1.54) is 5.39 Å². The van der Waals surface area contributed by atoms with E-state index in [-0.39, 0.29) is 17.9 Å². The predicted octanol–water partition coefficient (Wildman–Crippen LogP) is 5.11. The van der Waals surface area contributed by atoms with E-state index in [9.17, 15) is 9.59 Å². The molecule has 3 aromatic carbocycles. The fourth-order valence-electron chi connectivity index (χ4n) is 3.87. The van der Waals surface area contributed by atoms with Crippen LogP contribution in [0.4, 0.5) is 0 Å². The van der Waals surface area contributed by atoms with Gasteiger partial charge in [-0.1, -0.05) is 61.5 Å². The SMILES string of the molecule is CC[C@H](C)NC(=O)[C@H](C)N(Cc1ccc(OC)cc1)C(=O)CCc1cccc2ccccc12. The molecule has 0 aliphatic heterocycles. The summed E-state index contributed by atoms with van der Waals surface area (Å²) >= 11 is 0. The first-order valence-electron chi connectivity index (χ1n) is 11.6. The Bertz CT molecular complexity index is 1070. The van der Waals surface area contributed by atoms with Crippen LogP contribution in [0.15, 0.2) is 66.7 Å². The summed E-state index contributed by atoms with van der Waals surface area (Å²) in [6.45, 7) is 6.17. The van der Waals surface area contributed by atoms with Crippen molar-refractivity contribution in [2.45, 2.75) is 58.7 Å². The van der Waals surface area contributed by atoms with Gasteiger partial charge in [0.05, 0.1) is 7.11 Å². The highest BCUT2D eigenvalue weighted by atomic mass is 16.5. The largest absolute Gasteiger partial charge is 0.497 e. The van der Waals surface area contributed by atoms with Crippen LogP contribution in [-0.4, -0.2) is 35.9 Å². The van der Waals surface area contributed by atoms with Gasteiger partial charge in [0.1, 0.15) is 11.8 Å². The van der Waals surface area contributed by atoms with E-state index in [2.05, 4.69) is 29.6 Å². The molecule has 0 bridgehead atoms. The zero-order valence-electron chi connectivity index (χ0n) is 20.0. The number of carbonyl (C=O) groups excluding carboxylic acids is 2. The van der Waals surface area contributed by atoms with Crippen LogP contribution in [0.5, 0.6) is 5.75 Å². The van der Waals surface area contributed by atoms with Gasteiger partial charge in [0.2, 0.25) is 11.8 Å². The van der Waals surface area contributed by atoms with Crippen LogP contribution in [0.3, 0.4) is 0 Å². The third-order valence-corrected chi connectivity index (χ3v) is 6.17. The molecule has 0 aliphatic carbocycles. The molecule has 0 aromatic heterocycles. The summed E-state index contributed by atoms with van der Waals surface area (Å²) in [5.74, 6) is 0.595. The van der Waals surface area contributed by atoms with E-state index in [1.807, 2.05) is 56.3 Å². The van der Waals surface area contributed by atoms with Gasteiger partial charge in [0.15, 0.2) is 0 Å². The Hall–Kier alpha value is -3.34. The van der Waals surface area contributed by atoms with Crippen molar-refractivity contribution in [1.29, 1.82) is 0 Å². The number of rotatable bonds is 10. The highest BCUT2D eigenvalue weighted by Gasteiger charge is 2.26. The molecular formula is C28H34N2O3. The number of aryl methyl sites for hydroxylation is 1. The van der Waals surface area contributed by atoms with Crippen LogP contribution in [0, 0.1) is 0 Å². The van der Waals surface area contributed by atoms with E-state index in [0.717, 1.165) is 28.7 Å². The van der Waals surface area contributed by atoms with Crippen molar-refractivity contribution in [3.8, 4) is 5.75 Å². The number of benzene rings is 3. The number of methoxy groups -OCH3 is 1. The lowest BCUT2D eigenvalue weighted by molar-refractivity contribution is -0.140. The summed E-state index contributed by atoms with van der Waals surface area (Å²) in [5.41, 5.74) is 2.10. The number of hydrogen-bond donors (Lipinski definition) is 1. The minimum Gasteiger partial charge on any atom is -0.497 e. The first-order valence-corrected chi connectivity index (χ1v) is 11.6. The first-order chi connectivity index (χ1) is 15.9. The number of amides is 2. The van der Waals surface area contributed by atoms with E-state index >= 15 is 0 Å². The second kappa shape index (κ2) is 11.5. The molecule has 5 nitrogen and oxygen atoms in total. The molecule has 2 atom stereocenters. The second-order valence-electron chi connectivity index (χ2n) is 8.50. The number of nitrogens with zero attached hydrogens (tertiary/aromatic N) is 1. The molecule has 2 amide bonds. The molecule has 1 N–H and O–H groups in total. The lowest BCUT2D eigenvalue weighted by Gasteiger charge is -2.30. The molecule has 0 saturated carbocycles. The molecule has 3 rings (SSSR count). The van der Waals surface area contributed by atoms with Crippen molar-refractivity contribution in [1.82, 2.24) is 10.2 Å². The Morgan fingerprint density at radius 1 is 0.970 bits per heavy atom. The van der Waals surface area contributed by atoms with Crippen molar-refractivity contribution in [3.05, 3.63) is 77.9 Å². The van der Waals surface area contributed by atoms with Gasteiger partial charge in [-0.25, -0.2) is 0 Å². The molecule has 0 radical (unpaired) electrons. The van der Waals surface area contributed by atoms with Gasteiger partial charge < -0.3 is 15.0 Å². The zero-order chi connectivity index (χ0) is 23.8. The van der Waals surface area contributed by atoms with Gasteiger partial charge in [-0.15, -0.1) is 0 Å². The zero-order valence-corrected chi connectivity index (χ0v) is 20.0. The predicted molar refractivity (Wildman–Crippen MR) is 133 cm³/mol. The van der Waals surface area contributed by atoms with Crippen LogP contribution in [0.1, 0.15) is 44.7 Å². The smallest absolute Gasteiger partial charge is 0.242 e. The third kappa shape index (κ3) is 6.35. The summed E-state index contributed by atoms with van der Waals surface area (Å²) in [7, 11) is 1.62. The summed E-state index contributed by atoms with van der Waals surface area (Å²) < 4.78 is 5.24. The third-order valence-electron chi connectivity index (χ3n) is 6.17. The summed E-state index contributed by atoms with van der Waals surface area (Å²) in [4.78, 5) is 28.0. The summed E-state index contributed by atoms with van der Waals surface area (Å²) in [6, 6.07) is 21.5. The molecule has 174 valence electrons. The Balaban J connectivity index is 1.78. The van der Waals surface area contributed by atoms with Crippen LogP contribution >= 0.6 is 0 Å². The van der Waals surface area contributed by atoms with E-state index in [0.29, 0.717) is 19.4 Å². The number of fused-ring (bicyclic) bond motifs is 1. The van der Waals surface area contributed by atoms with Crippen molar-refractivity contribution >= 4 is 22.6 Å². The molecule has 5 heteroatoms. The van der Waals surface area contributed by atoms with E-state index in [1.54, 1.807) is 18.9 Å². The topological polar surface area (TPSA) is 58.6 Å². The Kier molecular flexibility index (Phi) is 8.47. The number of ether oxygens (including phenoxy) is 1. The maximum atomic E-state index is 13.4. The monoisotopic (exact) mass is 446 g/mol. The molecule has 0 aliphatic rings. The standard InChI is InChI=1S/C28H34N2O3/c1-5-20(2)29-28(32)21(3)30(19-22-13-16-25(33-4)17-14-22)27(31)18-15-24-11-8-10-23-9-6-7-12-26(23)24/h6-14,16-17,20-21H,5,15,18-19H2,1-4H3,(H,29,32)/t20-,21-/m0/s1. The average molecular weight is 447 g/mol. The highest BCUT2D eigenvalue weighted by Crippen LogP contribution is 2.21. The minimum absolute atomic E-state index is 0.0365. The van der Waals surface area contributed by atoms with Crippen LogP contribution < -0.4 is 10.1 Å². The van der Waals surface area contributed by atoms with Crippen molar-refractivity contribution in [2.75, 3.05) is 7.11 Å². The van der Waals surface area contributed by atoms with Crippen molar-refractivity contribution in [3.63, 3.8) is 0 Å². The first kappa shape index (κ1) is 24.3. The molecule has 0 heterocycles. The fourth-order valence-corrected chi connectivity index (χ4v) is 3.87. The highest BCUT2D eigenvalue weighted by molar-refractivity contribution is 5.89. The summed E-state index contributed by atoms with van der Waals surface area (Å²) in [6.07, 6.45) is 1.80. The second-order valence-corrected chi connectivity index (χ2v) is 8.50. The quantitative estimate of drug-likeness (QED) is 0.471. The Morgan fingerprint density at radius 2 is 1.67 bits per heavy atom. The van der Waals surface area contributed by atoms with E-state index in [4.69, 9.17) is 4.74 Å². The maximum absolute atomic E-state index is 13.4. The minimum atomic E-state index is -0.568. The van der Waals surface area contributed by atoms with Gasteiger partial charge in [-0.05, 0) is 60.7 Å². The van der Waals surface area contributed by atoms with Crippen molar-refractivity contribution in [2.24, 2.45) is 0 Å². The Morgan fingerprint density at radius 3 is 2.36 bits per heavy atom. The van der Waals surface area contributed by atoms with E-state index < -0.39 is 6.04 Å². The van der Waals surface area contributed by atoms with Gasteiger partial charge in [0, 0.05) is 19.0 Å². The van der Waals surface area contributed by atoms with Gasteiger partial charge >= 0.3 is 0 Å². The number of carbonyl (C=O) groups is 2. The molecule has 0 fully saturated rings. The molecular weight excluding hydrogens is 412 g/mol. The lowest BCUT2D eigenvalue weighted by Crippen LogP contribution is -2.49. The average Bonchev–Trinajstić information content (AvgIpc) is 2.85. The molecule has 33 heavy (non-hydrogen) atoms. The van der Waals surface area contributed by atoms with Crippen LogP contribution in [0.25, 0.3) is 10.8 Å². The normalized spacial score (nSPS) is 12.7. The van der Waals surface area contributed by atoms with Gasteiger partial charge in [-0.2, -0.15) is 0 Å². The molecule has 0 unspecified atom stereocenters. The number of hydrogen-bond acceptors (Lipinski definition) is 3. The molecule has 3 aromatic rings.